The fraction of sp³-hybridized carbons (Fsp3) is 0.357. The van der Waals surface area contributed by atoms with Gasteiger partial charge in [-0.2, -0.15) is 5.10 Å². The second-order valence-corrected chi connectivity index (χ2v) is 6.08. The molecule has 0 unspecified atom stereocenters. The molecule has 0 aliphatic carbocycles. The number of aromatic nitrogens is 2. The molecule has 1 aromatic carbocycles. The van der Waals surface area contributed by atoms with Crippen LogP contribution in [-0.2, 0) is 6.42 Å². The largest absolute Gasteiger partial charge is 0.382 e. The minimum Gasteiger partial charge on any atom is -0.382 e. The van der Waals surface area contributed by atoms with E-state index in [4.69, 9.17) is 5.73 Å². The lowest BCUT2D eigenvalue weighted by Crippen LogP contribution is -1.99. The standard InChI is InChI=1S/C14H18IN3/c1-8(2)7-11-13(17-18-14(11)16)10-6-4-5-9(3)12(10)15/h4-6,8H,7H2,1-3H3,(H3,16,17,18). The van der Waals surface area contributed by atoms with Crippen molar-refractivity contribution in [3.05, 3.63) is 32.9 Å². The molecule has 18 heavy (non-hydrogen) atoms. The van der Waals surface area contributed by atoms with E-state index in [9.17, 15) is 0 Å². The topological polar surface area (TPSA) is 54.7 Å². The number of rotatable bonds is 3. The van der Waals surface area contributed by atoms with E-state index in [1.54, 1.807) is 0 Å². The summed E-state index contributed by atoms with van der Waals surface area (Å²) >= 11 is 2.38. The van der Waals surface area contributed by atoms with Gasteiger partial charge in [-0.1, -0.05) is 32.0 Å². The molecule has 96 valence electrons. The highest BCUT2D eigenvalue weighted by atomic mass is 127. The molecular weight excluding hydrogens is 337 g/mol. The molecule has 0 amide bonds. The smallest absolute Gasteiger partial charge is 0.149 e. The number of nitrogens with zero attached hydrogens (tertiary/aromatic N) is 1. The fourth-order valence-corrected chi connectivity index (χ4v) is 2.69. The van der Waals surface area contributed by atoms with Crippen molar-refractivity contribution in [2.45, 2.75) is 27.2 Å². The molecule has 0 atom stereocenters. The van der Waals surface area contributed by atoms with Crippen molar-refractivity contribution in [3.63, 3.8) is 0 Å². The van der Waals surface area contributed by atoms with E-state index in [0.717, 1.165) is 17.7 Å². The number of H-pyrrole nitrogens is 1. The Balaban J connectivity index is 2.54. The monoisotopic (exact) mass is 355 g/mol. The first kappa shape index (κ1) is 13.4. The predicted molar refractivity (Wildman–Crippen MR) is 84.4 cm³/mol. The summed E-state index contributed by atoms with van der Waals surface area (Å²) in [6.07, 6.45) is 0.946. The van der Waals surface area contributed by atoms with Gasteiger partial charge in [0, 0.05) is 14.7 Å². The maximum atomic E-state index is 5.97. The van der Waals surface area contributed by atoms with Crippen molar-refractivity contribution in [1.82, 2.24) is 10.2 Å². The summed E-state index contributed by atoms with van der Waals surface area (Å²) in [5.41, 5.74) is 10.6. The van der Waals surface area contributed by atoms with E-state index in [1.807, 2.05) is 0 Å². The summed E-state index contributed by atoms with van der Waals surface area (Å²) in [6.45, 7) is 6.50. The molecule has 0 saturated carbocycles. The Hall–Kier alpha value is -1.04. The summed E-state index contributed by atoms with van der Waals surface area (Å²) in [5.74, 6) is 1.18. The zero-order chi connectivity index (χ0) is 13.3. The average molecular weight is 355 g/mol. The molecule has 0 aliphatic rings. The van der Waals surface area contributed by atoms with Crippen LogP contribution in [0.3, 0.4) is 0 Å². The van der Waals surface area contributed by atoms with Crippen LogP contribution in [0.2, 0.25) is 0 Å². The van der Waals surface area contributed by atoms with Crippen molar-refractivity contribution in [3.8, 4) is 11.3 Å². The number of halogens is 1. The zero-order valence-electron chi connectivity index (χ0n) is 10.9. The molecule has 3 N–H and O–H groups in total. The Morgan fingerprint density at radius 3 is 2.78 bits per heavy atom. The first-order chi connectivity index (χ1) is 8.50. The van der Waals surface area contributed by atoms with Crippen LogP contribution in [0, 0.1) is 16.4 Å². The maximum absolute atomic E-state index is 5.97. The highest BCUT2D eigenvalue weighted by Crippen LogP contribution is 2.32. The van der Waals surface area contributed by atoms with Crippen molar-refractivity contribution in [2.75, 3.05) is 5.73 Å². The molecule has 4 heteroatoms. The zero-order valence-corrected chi connectivity index (χ0v) is 13.1. The van der Waals surface area contributed by atoms with Crippen LogP contribution < -0.4 is 5.73 Å². The minimum atomic E-state index is 0.561. The Morgan fingerprint density at radius 1 is 1.39 bits per heavy atom. The molecule has 0 spiro atoms. The quantitative estimate of drug-likeness (QED) is 0.824. The molecule has 2 rings (SSSR count). The minimum absolute atomic E-state index is 0.561. The van der Waals surface area contributed by atoms with Gasteiger partial charge in [0.2, 0.25) is 0 Å². The van der Waals surface area contributed by atoms with Gasteiger partial charge in [0.15, 0.2) is 0 Å². The molecule has 0 fully saturated rings. The third-order valence-corrected chi connectivity index (χ3v) is 4.40. The number of aromatic amines is 1. The first-order valence-corrected chi connectivity index (χ1v) is 7.16. The second kappa shape index (κ2) is 5.30. The van der Waals surface area contributed by atoms with Gasteiger partial charge < -0.3 is 5.73 Å². The van der Waals surface area contributed by atoms with Gasteiger partial charge in [0.05, 0.1) is 5.69 Å². The Labute approximate surface area is 121 Å². The summed E-state index contributed by atoms with van der Waals surface area (Å²) < 4.78 is 1.25. The van der Waals surface area contributed by atoms with E-state index in [-0.39, 0.29) is 0 Å². The van der Waals surface area contributed by atoms with Crippen LogP contribution >= 0.6 is 22.6 Å². The van der Waals surface area contributed by atoms with Crippen LogP contribution in [0.5, 0.6) is 0 Å². The second-order valence-electron chi connectivity index (χ2n) is 5.00. The van der Waals surface area contributed by atoms with Crippen LogP contribution in [0.1, 0.15) is 25.0 Å². The van der Waals surface area contributed by atoms with E-state index in [0.29, 0.717) is 11.7 Å². The Morgan fingerprint density at radius 2 is 2.11 bits per heavy atom. The number of nitrogens with two attached hydrogens (primary N) is 1. The summed E-state index contributed by atoms with van der Waals surface area (Å²) in [7, 11) is 0. The molecule has 2 aromatic rings. The summed E-state index contributed by atoms with van der Waals surface area (Å²) in [4.78, 5) is 0. The van der Waals surface area contributed by atoms with E-state index in [2.05, 4.69) is 71.8 Å². The van der Waals surface area contributed by atoms with Crippen molar-refractivity contribution in [1.29, 1.82) is 0 Å². The fourth-order valence-electron chi connectivity index (χ4n) is 2.06. The van der Waals surface area contributed by atoms with Gasteiger partial charge in [-0.3, -0.25) is 5.10 Å². The molecular formula is C14H18IN3. The third kappa shape index (κ3) is 2.53. The molecule has 0 saturated heterocycles. The SMILES string of the molecule is Cc1cccc(-c2[nH]nc(N)c2CC(C)C)c1I. The number of nitrogen functional groups attached to an aromatic ring is 1. The van der Waals surface area contributed by atoms with Crippen LogP contribution in [0.4, 0.5) is 5.82 Å². The molecule has 1 aromatic heterocycles. The molecule has 1 heterocycles. The van der Waals surface area contributed by atoms with Crippen molar-refractivity contribution < 1.29 is 0 Å². The molecule has 0 radical (unpaired) electrons. The predicted octanol–water partition coefficient (Wildman–Crippen LogP) is 3.77. The third-order valence-electron chi connectivity index (χ3n) is 2.97. The number of hydrogen-bond acceptors (Lipinski definition) is 2. The van der Waals surface area contributed by atoms with Gasteiger partial charge >= 0.3 is 0 Å². The van der Waals surface area contributed by atoms with Gasteiger partial charge in [-0.15, -0.1) is 0 Å². The lowest BCUT2D eigenvalue weighted by atomic mass is 9.98. The Bertz CT molecular complexity index is 558. The van der Waals surface area contributed by atoms with Crippen LogP contribution in [-0.4, -0.2) is 10.2 Å². The van der Waals surface area contributed by atoms with Gasteiger partial charge in [0.1, 0.15) is 5.82 Å². The van der Waals surface area contributed by atoms with E-state index in [1.165, 1.54) is 14.7 Å². The molecule has 0 aliphatic heterocycles. The van der Waals surface area contributed by atoms with Gasteiger partial charge in [-0.05, 0) is 47.4 Å². The highest BCUT2D eigenvalue weighted by molar-refractivity contribution is 14.1. The summed E-state index contributed by atoms with van der Waals surface area (Å²) in [6, 6.07) is 6.31. The highest BCUT2D eigenvalue weighted by Gasteiger charge is 2.16. The van der Waals surface area contributed by atoms with E-state index < -0.39 is 0 Å². The first-order valence-electron chi connectivity index (χ1n) is 6.09. The van der Waals surface area contributed by atoms with E-state index >= 15 is 0 Å². The maximum Gasteiger partial charge on any atom is 0.149 e. The number of benzene rings is 1. The van der Waals surface area contributed by atoms with Crippen molar-refractivity contribution >= 4 is 28.4 Å². The molecule has 0 bridgehead atoms. The van der Waals surface area contributed by atoms with Crippen molar-refractivity contribution in [2.24, 2.45) is 5.92 Å². The van der Waals surface area contributed by atoms with Gasteiger partial charge in [-0.25, -0.2) is 0 Å². The lowest BCUT2D eigenvalue weighted by molar-refractivity contribution is 0.649. The number of anilines is 1. The summed E-state index contributed by atoms with van der Waals surface area (Å²) in [5, 5.41) is 7.25. The van der Waals surface area contributed by atoms with Crippen LogP contribution in [0.15, 0.2) is 18.2 Å². The average Bonchev–Trinajstić information content (AvgIpc) is 2.64. The molecule has 3 nitrogen and oxygen atoms in total. The number of aryl methyl sites for hydroxylation is 1. The Kier molecular flexibility index (Phi) is 3.94. The normalized spacial score (nSPS) is 11.2. The lowest BCUT2D eigenvalue weighted by Gasteiger charge is -2.10. The number of nitrogens with one attached hydrogen (secondary N) is 1. The number of hydrogen-bond donors (Lipinski definition) is 2. The van der Waals surface area contributed by atoms with Gasteiger partial charge in [0.25, 0.3) is 0 Å². The van der Waals surface area contributed by atoms with Crippen LogP contribution in [0.25, 0.3) is 11.3 Å².